The number of nitrogens with one attached hydrogen (secondary N) is 3. The number of ether oxygens (including phenoxy) is 1. The maximum absolute atomic E-state index is 10.6. The highest BCUT2D eigenvalue weighted by molar-refractivity contribution is 5.95. The molecule has 2 amide bonds. The third-order valence-electron chi connectivity index (χ3n) is 4.95. The number of amides is 2. The van der Waals surface area contributed by atoms with Gasteiger partial charge in [-0.3, -0.25) is 9.59 Å². The molecule has 0 aromatic carbocycles. The van der Waals surface area contributed by atoms with E-state index in [0.29, 0.717) is 36.2 Å². The smallest absolute Gasteiger partial charge is 0.237 e. The standard InChI is InChI=1S/C17H16N6O2.C4H9NO.C3H6/c1-9-11(6-21-17-15(9)19-2-3-25-17)13-4-10-5-14(22-8-24)20-7-12(10)16(18)23-13;1-3-5-4(2)6;1-2-3-1/h4-8,19H,2-3H2,1H3,(H2,18,23)(H,20,22,24);3H2,1-2H3,(H,5,6);1-3H2. The van der Waals surface area contributed by atoms with E-state index in [0.717, 1.165) is 40.7 Å². The van der Waals surface area contributed by atoms with Gasteiger partial charge in [-0.15, -0.1) is 0 Å². The highest BCUT2D eigenvalue weighted by Gasteiger charge is 2.18. The van der Waals surface area contributed by atoms with E-state index in [1.807, 2.05) is 19.9 Å². The second kappa shape index (κ2) is 11.8. The predicted molar refractivity (Wildman–Crippen MR) is 134 cm³/mol. The van der Waals surface area contributed by atoms with Crippen LogP contribution in [0.25, 0.3) is 22.0 Å². The topological polar surface area (TPSA) is 144 Å². The van der Waals surface area contributed by atoms with Crippen LogP contribution in [-0.4, -0.2) is 47.0 Å². The average molecular weight is 466 g/mol. The van der Waals surface area contributed by atoms with Gasteiger partial charge in [0.25, 0.3) is 0 Å². The summed E-state index contributed by atoms with van der Waals surface area (Å²) in [5.74, 6) is 1.47. The zero-order chi connectivity index (χ0) is 24.5. The van der Waals surface area contributed by atoms with Crippen LogP contribution in [0.4, 0.5) is 17.3 Å². The first-order valence-electron chi connectivity index (χ1n) is 11.3. The van der Waals surface area contributed by atoms with Crippen LogP contribution >= 0.6 is 0 Å². The zero-order valence-electron chi connectivity index (χ0n) is 19.8. The first-order valence-corrected chi connectivity index (χ1v) is 11.3. The second-order valence-corrected chi connectivity index (χ2v) is 7.85. The summed E-state index contributed by atoms with van der Waals surface area (Å²) in [6, 6.07) is 3.66. The third kappa shape index (κ3) is 6.53. The average Bonchev–Trinajstić information content (AvgIpc) is 3.69. The molecule has 0 atom stereocenters. The van der Waals surface area contributed by atoms with Gasteiger partial charge in [-0.05, 0) is 36.9 Å². The zero-order valence-corrected chi connectivity index (χ0v) is 19.8. The van der Waals surface area contributed by atoms with Gasteiger partial charge in [0.05, 0.1) is 5.69 Å². The maximum Gasteiger partial charge on any atom is 0.237 e. The molecule has 34 heavy (non-hydrogen) atoms. The SMILES string of the molecule is C1CC1.CCNC(C)=O.Cc1c(-c2cc3cc(NC=O)ncc3c(N)n2)cnc2c1NCCO2. The normalized spacial score (nSPS) is 12.9. The number of pyridine rings is 3. The highest BCUT2D eigenvalue weighted by Crippen LogP contribution is 2.36. The number of carbonyl (C=O) groups is 2. The Kier molecular flexibility index (Phi) is 8.55. The molecule has 0 unspecified atom stereocenters. The predicted octanol–water partition coefficient (Wildman–Crippen LogP) is 3.27. The fraction of sp³-hybridized carbons (Fsp3) is 0.375. The van der Waals surface area contributed by atoms with E-state index in [1.54, 1.807) is 18.5 Å². The van der Waals surface area contributed by atoms with Crippen LogP contribution in [0, 0.1) is 6.92 Å². The molecule has 0 saturated heterocycles. The Hall–Kier alpha value is -3.95. The molecule has 0 spiro atoms. The van der Waals surface area contributed by atoms with Gasteiger partial charge in [0, 0.05) is 43.4 Å². The number of hydrogen-bond acceptors (Lipinski definition) is 8. The third-order valence-corrected chi connectivity index (χ3v) is 4.95. The minimum absolute atomic E-state index is 0.0394. The molecular weight excluding hydrogens is 434 g/mol. The van der Waals surface area contributed by atoms with Gasteiger partial charge >= 0.3 is 0 Å². The van der Waals surface area contributed by atoms with Gasteiger partial charge in [0.2, 0.25) is 18.2 Å². The number of nitrogens with zero attached hydrogens (tertiary/aromatic N) is 3. The van der Waals surface area contributed by atoms with Gasteiger partial charge in [0.1, 0.15) is 23.9 Å². The first-order chi connectivity index (χ1) is 16.4. The van der Waals surface area contributed by atoms with Crippen molar-refractivity contribution in [2.75, 3.05) is 36.1 Å². The molecule has 0 bridgehead atoms. The van der Waals surface area contributed by atoms with Crippen molar-refractivity contribution in [1.82, 2.24) is 20.3 Å². The van der Waals surface area contributed by atoms with Gasteiger partial charge in [0.15, 0.2) is 0 Å². The van der Waals surface area contributed by atoms with E-state index >= 15 is 0 Å². The van der Waals surface area contributed by atoms with Gasteiger partial charge in [-0.2, -0.15) is 0 Å². The molecule has 1 aliphatic carbocycles. The molecule has 180 valence electrons. The molecule has 5 rings (SSSR count). The van der Waals surface area contributed by atoms with Crippen molar-refractivity contribution < 1.29 is 14.3 Å². The van der Waals surface area contributed by atoms with Crippen molar-refractivity contribution in [3.05, 3.63) is 30.1 Å². The van der Waals surface area contributed by atoms with E-state index in [-0.39, 0.29) is 5.91 Å². The van der Waals surface area contributed by atoms with Crippen LogP contribution in [0.3, 0.4) is 0 Å². The number of aromatic nitrogens is 3. The maximum atomic E-state index is 10.6. The second-order valence-electron chi connectivity index (χ2n) is 7.85. The van der Waals surface area contributed by atoms with Crippen molar-refractivity contribution in [2.24, 2.45) is 0 Å². The van der Waals surface area contributed by atoms with Crippen LogP contribution in [-0.2, 0) is 9.59 Å². The number of carbonyl (C=O) groups excluding carboxylic acids is 2. The summed E-state index contributed by atoms with van der Waals surface area (Å²) in [6.07, 6.45) is 8.42. The van der Waals surface area contributed by atoms with Crippen LogP contribution < -0.4 is 26.4 Å². The number of anilines is 3. The van der Waals surface area contributed by atoms with Crippen molar-refractivity contribution in [3.8, 4) is 17.1 Å². The molecule has 0 radical (unpaired) electrons. The van der Waals surface area contributed by atoms with Crippen LogP contribution in [0.1, 0.15) is 38.7 Å². The summed E-state index contributed by atoms with van der Waals surface area (Å²) in [5.41, 5.74) is 9.55. The van der Waals surface area contributed by atoms with E-state index in [1.165, 1.54) is 26.2 Å². The Bertz CT molecular complexity index is 1160. The van der Waals surface area contributed by atoms with Crippen molar-refractivity contribution >= 4 is 40.4 Å². The van der Waals surface area contributed by atoms with Gasteiger partial charge in [-0.1, -0.05) is 19.3 Å². The Morgan fingerprint density at radius 1 is 1.24 bits per heavy atom. The van der Waals surface area contributed by atoms with Crippen molar-refractivity contribution in [1.29, 1.82) is 0 Å². The number of hydrogen-bond donors (Lipinski definition) is 4. The first kappa shape index (κ1) is 24.7. The lowest BCUT2D eigenvalue weighted by molar-refractivity contribution is -0.118. The Morgan fingerprint density at radius 3 is 2.62 bits per heavy atom. The molecular formula is C24H31N7O3. The molecule has 3 aromatic rings. The number of nitrogen functional groups attached to an aromatic ring is 1. The fourth-order valence-electron chi connectivity index (χ4n) is 3.18. The van der Waals surface area contributed by atoms with Crippen LogP contribution in [0.2, 0.25) is 0 Å². The lowest BCUT2D eigenvalue weighted by atomic mass is 10.0. The Balaban J connectivity index is 0.000000305. The summed E-state index contributed by atoms with van der Waals surface area (Å²) in [6.45, 7) is 7.45. The quantitative estimate of drug-likeness (QED) is 0.430. The highest BCUT2D eigenvalue weighted by atomic mass is 16.5. The minimum Gasteiger partial charge on any atom is -0.474 e. The van der Waals surface area contributed by atoms with E-state index in [4.69, 9.17) is 10.5 Å². The molecule has 1 saturated carbocycles. The molecule has 3 aromatic heterocycles. The summed E-state index contributed by atoms with van der Waals surface area (Å²) in [7, 11) is 0. The summed E-state index contributed by atoms with van der Waals surface area (Å²) in [5, 5.41) is 9.98. The van der Waals surface area contributed by atoms with Crippen molar-refractivity contribution in [2.45, 2.75) is 40.0 Å². The van der Waals surface area contributed by atoms with E-state index < -0.39 is 0 Å². The molecule has 5 N–H and O–H groups in total. The lowest BCUT2D eigenvalue weighted by Gasteiger charge is -2.21. The van der Waals surface area contributed by atoms with Crippen molar-refractivity contribution in [3.63, 3.8) is 0 Å². The summed E-state index contributed by atoms with van der Waals surface area (Å²) in [4.78, 5) is 33.6. The number of nitrogens with two attached hydrogens (primary N) is 1. The minimum atomic E-state index is 0.0394. The van der Waals surface area contributed by atoms with E-state index in [2.05, 4.69) is 30.9 Å². The van der Waals surface area contributed by atoms with Crippen LogP contribution in [0.15, 0.2) is 24.5 Å². The monoisotopic (exact) mass is 465 g/mol. The molecule has 10 nitrogen and oxygen atoms in total. The molecule has 2 aliphatic rings. The largest absolute Gasteiger partial charge is 0.474 e. The van der Waals surface area contributed by atoms with Gasteiger partial charge in [-0.25, -0.2) is 15.0 Å². The van der Waals surface area contributed by atoms with Crippen LogP contribution in [0.5, 0.6) is 5.88 Å². The lowest BCUT2D eigenvalue weighted by Crippen LogP contribution is -2.20. The summed E-state index contributed by atoms with van der Waals surface area (Å²) < 4.78 is 5.56. The number of fused-ring (bicyclic) bond motifs is 2. The van der Waals surface area contributed by atoms with Gasteiger partial charge < -0.3 is 26.4 Å². The fourth-order valence-corrected chi connectivity index (χ4v) is 3.18. The Labute approximate surface area is 198 Å². The molecule has 1 aliphatic heterocycles. The molecule has 10 heteroatoms. The summed E-state index contributed by atoms with van der Waals surface area (Å²) >= 11 is 0. The molecule has 4 heterocycles. The Morgan fingerprint density at radius 2 is 2.00 bits per heavy atom. The van der Waals surface area contributed by atoms with E-state index in [9.17, 15) is 9.59 Å². The number of rotatable bonds is 4. The molecule has 1 fully saturated rings.